The second-order valence-electron chi connectivity index (χ2n) is 5.77. The van der Waals surface area contributed by atoms with E-state index in [1.807, 2.05) is 29.5 Å². The van der Waals surface area contributed by atoms with Gasteiger partial charge in [-0.3, -0.25) is 0 Å². The maximum Gasteiger partial charge on any atom is 0.146 e. The fraction of sp³-hybridized carbons (Fsp3) is 0.278. The molecule has 2 aromatic heterocycles. The van der Waals surface area contributed by atoms with Crippen molar-refractivity contribution in [3.8, 4) is 6.07 Å². The molecule has 23 heavy (non-hydrogen) atoms. The second kappa shape index (κ2) is 5.98. The van der Waals surface area contributed by atoms with Crippen LogP contribution in [0.2, 0.25) is 0 Å². The topological polar surface area (TPSA) is 52.8 Å². The number of rotatable bonds is 2. The number of nitrogens with zero attached hydrogens (tertiary/aromatic N) is 4. The predicted octanol–water partition coefficient (Wildman–Crippen LogP) is 3.95. The molecule has 5 heteroatoms. The Morgan fingerprint density at radius 2 is 1.96 bits per heavy atom. The third kappa shape index (κ3) is 2.66. The Kier molecular flexibility index (Phi) is 3.68. The van der Waals surface area contributed by atoms with E-state index in [9.17, 15) is 5.26 Å². The standard InChI is InChI=1S/C18H16N4S/c19-12-14-4-3-9-20-17(14)22-10-7-13(8-11-22)18-21-15-5-1-2-6-16(15)23-18/h1-6,9,13H,7-8,10-11H2. The molecule has 0 atom stereocenters. The third-order valence-electron chi connectivity index (χ3n) is 4.36. The fourth-order valence-corrected chi connectivity index (χ4v) is 4.28. The van der Waals surface area contributed by atoms with Gasteiger partial charge in [0.1, 0.15) is 11.9 Å². The van der Waals surface area contributed by atoms with Crippen LogP contribution in [0, 0.1) is 11.3 Å². The molecule has 1 aliphatic rings. The molecular formula is C18H16N4S. The maximum absolute atomic E-state index is 9.23. The Morgan fingerprint density at radius 1 is 1.13 bits per heavy atom. The number of hydrogen-bond acceptors (Lipinski definition) is 5. The van der Waals surface area contributed by atoms with Crippen LogP contribution in [-0.2, 0) is 0 Å². The van der Waals surface area contributed by atoms with Crippen molar-refractivity contribution in [2.24, 2.45) is 0 Å². The molecule has 0 N–H and O–H groups in total. The highest BCUT2D eigenvalue weighted by atomic mass is 32.1. The lowest BCUT2D eigenvalue weighted by atomic mass is 9.97. The summed E-state index contributed by atoms with van der Waals surface area (Å²) in [7, 11) is 0. The smallest absolute Gasteiger partial charge is 0.146 e. The highest BCUT2D eigenvalue weighted by Crippen LogP contribution is 2.35. The van der Waals surface area contributed by atoms with Gasteiger partial charge in [0.15, 0.2) is 0 Å². The van der Waals surface area contributed by atoms with Crippen molar-refractivity contribution in [1.29, 1.82) is 5.26 Å². The van der Waals surface area contributed by atoms with Crippen molar-refractivity contribution in [3.63, 3.8) is 0 Å². The van der Waals surface area contributed by atoms with Crippen molar-refractivity contribution < 1.29 is 0 Å². The van der Waals surface area contributed by atoms with Crippen LogP contribution in [0.5, 0.6) is 0 Å². The number of benzene rings is 1. The van der Waals surface area contributed by atoms with Gasteiger partial charge in [-0.05, 0) is 37.1 Å². The second-order valence-corrected chi connectivity index (χ2v) is 6.83. The maximum atomic E-state index is 9.23. The zero-order chi connectivity index (χ0) is 15.6. The van der Waals surface area contributed by atoms with Crippen molar-refractivity contribution >= 4 is 27.4 Å². The number of piperidine rings is 1. The summed E-state index contributed by atoms with van der Waals surface area (Å²) >= 11 is 1.81. The Hall–Kier alpha value is -2.45. The molecule has 0 unspecified atom stereocenters. The largest absolute Gasteiger partial charge is 0.355 e. The minimum absolute atomic E-state index is 0.512. The van der Waals surface area contributed by atoms with Gasteiger partial charge in [0, 0.05) is 25.2 Å². The van der Waals surface area contributed by atoms with Crippen LogP contribution < -0.4 is 4.90 Å². The van der Waals surface area contributed by atoms with Gasteiger partial charge >= 0.3 is 0 Å². The Morgan fingerprint density at radius 3 is 2.74 bits per heavy atom. The monoisotopic (exact) mass is 320 g/mol. The molecule has 3 aromatic rings. The van der Waals surface area contributed by atoms with Crippen LogP contribution in [0.4, 0.5) is 5.82 Å². The third-order valence-corrected chi connectivity index (χ3v) is 5.56. The van der Waals surface area contributed by atoms with E-state index in [2.05, 4.69) is 34.2 Å². The number of thiazole rings is 1. The Labute approximate surface area is 139 Å². The molecule has 1 aromatic carbocycles. The van der Waals surface area contributed by atoms with Crippen molar-refractivity contribution in [2.45, 2.75) is 18.8 Å². The molecule has 0 saturated carbocycles. The van der Waals surface area contributed by atoms with Gasteiger partial charge < -0.3 is 4.90 Å². The predicted molar refractivity (Wildman–Crippen MR) is 92.8 cm³/mol. The SMILES string of the molecule is N#Cc1cccnc1N1CCC(c2nc3ccccc3s2)CC1. The summed E-state index contributed by atoms with van der Waals surface area (Å²) in [6.07, 6.45) is 3.87. The van der Waals surface area contributed by atoms with Gasteiger partial charge in [0.2, 0.25) is 0 Å². The van der Waals surface area contributed by atoms with Gasteiger partial charge in [-0.2, -0.15) is 5.26 Å². The molecule has 0 aliphatic carbocycles. The zero-order valence-electron chi connectivity index (χ0n) is 12.6. The molecule has 0 radical (unpaired) electrons. The molecule has 0 amide bonds. The van der Waals surface area contributed by atoms with E-state index in [0.29, 0.717) is 11.5 Å². The van der Waals surface area contributed by atoms with Crippen LogP contribution in [0.1, 0.15) is 29.3 Å². The van der Waals surface area contributed by atoms with Gasteiger partial charge in [-0.25, -0.2) is 9.97 Å². The highest BCUT2D eigenvalue weighted by Gasteiger charge is 2.25. The average molecular weight is 320 g/mol. The summed E-state index contributed by atoms with van der Waals surface area (Å²) in [5.41, 5.74) is 1.76. The lowest BCUT2D eigenvalue weighted by Gasteiger charge is -2.32. The minimum atomic E-state index is 0.512. The summed E-state index contributed by atoms with van der Waals surface area (Å²) in [5, 5.41) is 10.5. The fourth-order valence-electron chi connectivity index (χ4n) is 3.14. The number of para-hydroxylation sites is 1. The molecule has 1 fully saturated rings. The quantitative estimate of drug-likeness (QED) is 0.717. The average Bonchev–Trinajstić information content (AvgIpc) is 3.06. The highest BCUT2D eigenvalue weighted by molar-refractivity contribution is 7.18. The lowest BCUT2D eigenvalue weighted by Crippen LogP contribution is -2.34. The summed E-state index contributed by atoms with van der Waals surface area (Å²) in [6, 6.07) is 14.2. The zero-order valence-corrected chi connectivity index (χ0v) is 13.5. The van der Waals surface area contributed by atoms with E-state index in [-0.39, 0.29) is 0 Å². The van der Waals surface area contributed by atoms with Crippen molar-refractivity contribution in [2.75, 3.05) is 18.0 Å². The molecule has 3 heterocycles. The Bertz CT molecular complexity index is 839. The van der Waals surface area contributed by atoms with E-state index in [1.54, 1.807) is 6.20 Å². The number of anilines is 1. The number of fused-ring (bicyclic) bond motifs is 1. The van der Waals surface area contributed by atoms with Crippen LogP contribution in [0.15, 0.2) is 42.6 Å². The summed E-state index contributed by atoms with van der Waals surface area (Å²) < 4.78 is 1.27. The van der Waals surface area contributed by atoms with E-state index >= 15 is 0 Å². The van der Waals surface area contributed by atoms with Gasteiger partial charge in [0.25, 0.3) is 0 Å². The number of aromatic nitrogens is 2. The summed E-state index contributed by atoms with van der Waals surface area (Å²) in [6.45, 7) is 1.85. The van der Waals surface area contributed by atoms with Crippen LogP contribution in [0.25, 0.3) is 10.2 Å². The molecule has 0 bridgehead atoms. The first-order valence-electron chi connectivity index (χ1n) is 7.80. The van der Waals surface area contributed by atoms with Gasteiger partial charge in [-0.1, -0.05) is 12.1 Å². The molecule has 4 nitrogen and oxygen atoms in total. The number of nitriles is 1. The molecule has 1 saturated heterocycles. The molecule has 0 spiro atoms. The molecular weight excluding hydrogens is 304 g/mol. The molecule has 114 valence electrons. The van der Waals surface area contributed by atoms with Crippen molar-refractivity contribution in [1.82, 2.24) is 9.97 Å². The minimum Gasteiger partial charge on any atom is -0.355 e. The molecule has 1 aliphatic heterocycles. The number of hydrogen-bond donors (Lipinski definition) is 0. The first-order chi connectivity index (χ1) is 11.3. The van der Waals surface area contributed by atoms with E-state index < -0.39 is 0 Å². The van der Waals surface area contributed by atoms with Crippen LogP contribution in [0.3, 0.4) is 0 Å². The Balaban J connectivity index is 1.52. The van der Waals surface area contributed by atoms with Gasteiger partial charge in [0.05, 0.1) is 20.8 Å². The van der Waals surface area contributed by atoms with E-state index in [4.69, 9.17) is 4.98 Å². The van der Waals surface area contributed by atoms with Crippen LogP contribution in [-0.4, -0.2) is 23.1 Å². The lowest BCUT2D eigenvalue weighted by molar-refractivity contribution is 0.501. The van der Waals surface area contributed by atoms with Gasteiger partial charge in [-0.15, -0.1) is 11.3 Å². The van der Waals surface area contributed by atoms with Crippen LogP contribution >= 0.6 is 11.3 Å². The summed E-state index contributed by atoms with van der Waals surface area (Å²) in [5.74, 6) is 1.33. The van der Waals surface area contributed by atoms with E-state index in [0.717, 1.165) is 37.3 Å². The number of pyridine rings is 1. The van der Waals surface area contributed by atoms with E-state index in [1.165, 1.54) is 9.71 Å². The summed E-state index contributed by atoms with van der Waals surface area (Å²) in [4.78, 5) is 11.4. The first-order valence-corrected chi connectivity index (χ1v) is 8.62. The normalized spacial score (nSPS) is 15.7. The van der Waals surface area contributed by atoms with Crippen molar-refractivity contribution in [3.05, 3.63) is 53.2 Å². The molecule has 4 rings (SSSR count). The first kappa shape index (κ1) is 14.2.